The van der Waals surface area contributed by atoms with E-state index in [2.05, 4.69) is 11.2 Å². The molecule has 2 N–H and O–H groups in total. The highest BCUT2D eigenvalue weighted by atomic mass is 16.5. The molecule has 1 aromatic heterocycles. The molecule has 1 aliphatic rings. The van der Waals surface area contributed by atoms with E-state index < -0.39 is 0 Å². The molecule has 4 heteroatoms. The minimum absolute atomic E-state index is 0.299. The van der Waals surface area contributed by atoms with Crippen molar-refractivity contribution in [2.45, 2.75) is 12.3 Å². The first-order valence-electron chi connectivity index (χ1n) is 5.74. The lowest BCUT2D eigenvalue weighted by atomic mass is 9.94. The summed E-state index contributed by atoms with van der Waals surface area (Å²) >= 11 is 0. The molecule has 0 radical (unpaired) electrons. The Bertz CT molecular complexity index is 528. The lowest BCUT2D eigenvalue weighted by molar-refractivity contribution is 0.260. The Morgan fingerprint density at radius 2 is 2.24 bits per heavy atom. The van der Waals surface area contributed by atoms with E-state index in [9.17, 15) is 0 Å². The second kappa shape index (κ2) is 3.80. The number of nitrogens with zero attached hydrogens (tertiary/aromatic N) is 2. The van der Waals surface area contributed by atoms with E-state index in [0.29, 0.717) is 18.3 Å². The molecule has 1 unspecified atom stereocenters. The van der Waals surface area contributed by atoms with E-state index in [0.717, 1.165) is 17.9 Å². The molecule has 17 heavy (non-hydrogen) atoms. The summed E-state index contributed by atoms with van der Waals surface area (Å²) in [6, 6.07) is 10.1. The minimum Gasteiger partial charge on any atom is -0.493 e. The Balaban J connectivity index is 1.89. The number of fused-ring (bicyclic) bond motifs is 1. The molecule has 1 aliphatic heterocycles. The Hall–Kier alpha value is -1.97. The van der Waals surface area contributed by atoms with Gasteiger partial charge in [-0.15, -0.1) is 0 Å². The number of ether oxygens (including phenoxy) is 1. The van der Waals surface area contributed by atoms with Crippen molar-refractivity contribution in [2.75, 3.05) is 12.3 Å². The fourth-order valence-corrected chi connectivity index (χ4v) is 2.22. The number of aryl methyl sites for hydroxylation is 1. The summed E-state index contributed by atoms with van der Waals surface area (Å²) in [5, 5.41) is 4.42. The van der Waals surface area contributed by atoms with Crippen molar-refractivity contribution in [3.8, 4) is 5.75 Å². The van der Waals surface area contributed by atoms with Crippen LogP contribution in [0.1, 0.15) is 17.2 Å². The van der Waals surface area contributed by atoms with Crippen molar-refractivity contribution in [1.29, 1.82) is 0 Å². The maximum atomic E-state index is 5.80. The van der Waals surface area contributed by atoms with Gasteiger partial charge in [-0.05, 0) is 18.1 Å². The molecule has 1 aromatic carbocycles. The zero-order valence-electron chi connectivity index (χ0n) is 9.76. The van der Waals surface area contributed by atoms with E-state index in [-0.39, 0.29) is 0 Å². The highest BCUT2D eigenvalue weighted by Gasteiger charge is 2.23. The zero-order chi connectivity index (χ0) is 11.8. The number of rotatable bonds is 1. The topological polar surface area (TPSA) is 53.1 Å². The van der Waals surface area contributed by atoms with Crippen LogP contribution in [-0.2, 0) is 13.5 Å². The van der Waals surface area contributed by atoms with Crippen molar-refractivity contribution in [1.82, 2.24) is 9.78 Å². The first-order valence-corrected chi connectivity index (χ1v) is 5.74. The van der Waals surface area contributed by atoms with Crippen molar-refractivity contribution in [3.63, 3.8) is 0 Å². The molecule has 0 bridgehead atoms. The molecule has 0 saturated heterocycles. The van der Waals surface area contributed by atoms with Gasteiger partial charge in [-0.2, -0.15) is 5.10 Å². The molecule has 0 spiro atoms. The van der Waals surface area contributed by atoms with Crippen LogP contribution in [0.4, 0.5) is 5.82 Å². The monoisotopic (exact) mass is 229 g/mol. The Morgan fingerprint density at radius 3 is 3.00 bits per heavy atom. The summed E-state index contributed by atoms with van der Waals surface area (Å²) in [4.78, 5) is 0. The second-order valence-electron chi connectivity index (χ2n) is 4.44. The van der Waals surface area contributed by atoms with Crippen LogP contribution in [0.25, 0.3) is 0 Å². The van der Waals surface area contributed by atoms with Crippen molar-refractivity contribution in [2.24, 2.45) is 7.05 Å². The molecule has 0 amide bonds. The maximum Gasteiger partial charge on any atom is 0.122 e. The molecule has 88 valence electrons. The molecular weight excluding hydrogens is 214 g/mol. The van der Waals surface area contributed by atoms with Gasteiger partial charge in [0.05, 0.1) is 12.3 Å². The first kappa shape index (κ1) is 10.2. The number of para-hydroxylation sites is 1. The van der Waals surface area contributed by atoms with Crippen molar-refractivity contribution < 1.29 is 4.74 Å². The normalized spacial score (nSPS) is 18.5. The van der Waals surface area contributed by atoms with Crippen LogP contribution in [0.2, 0.25) is 0 Å². The summed E-state index contributed by atoms with van der Waals surface area (Å²) in [5.74, 6) is 1.99. The lowest BCUT2D eigenvalue weighted by Crippen LogP contribution is -2.19. The van der Waals surface area contributed by atoms with Crippen LogP contribution >= 0.6 is 0 Å². The third-order valence-electron chi connectivity index (χ3n) is 3.23. The number of anilines is 1. The number of benzene rings is 1. The largest absolute Gasteiger partial charge is 0.493 e. The Morgan fingerprint density at radius 1 is 1.41 bits per heavy atom. The summed E-state index contributed by atoms with van der Waals surface area (Å²) in [5.41, 5.74) is 8.06. The second-order valence-corrected chi connectivity index (χ2v) is 4.44. The number of hydrogen-bond donors (Lipinski definition) is 1. The molecule has 1 atom stereocenters. The molecule has 4 nitrogen and oxygen atoms in total. The summed E-state index contributed by atoms with van der Waals surface area (Å²) < 4.78 is 7.45. The highest BCUT2D eigenvalue weighted by molar-refractivity contribution is 5.39. The summed E-state index contributed by atoms with van der Waals surface area (Å²) in [6.07, 6.45) is 0.965. The van der Waals surface area contributed by atoms with Crippen LogP contribution in [0.15, 0.2) is 30.3 Å². The predicted molar refractivity (Wildman–Crippen MR) is 66.0 cm³/mol. The number of aromatic nitrogens is 2. The quantitative estimate of drug-likeness (QED) is 0.810. The number of hydrogen-bond acceptors (Lipinski definition) is 3. The lowest BCUT2D eigenvalue weighted by Gasteiger charge is -2.23. The Kier molecular flexibility index (Phi) is 2.28. The number of nitrogens with two attached hydrogens (primary N) is 1. The molecule has 0 fully saturated rings. The molecule has 2 heterocycles. The Labute approximate surface area is 100 Å². The minimum atomic E-state index is 0.299. The average molecular weight is 229 g/mol. The fourth-order valence-electron chi connectivity index (χ4n) is 2.22. The SMILES string of the molecule is Cn1nc(C2COc3ccccc3C2)cc1N. The van der Waals surface area contributed by atoms with Gasteiger partial charge in [-0.1, -0.05) is 18.2 Å². The van der Waals surface area contributed by atoms with Gasteiger partial charge in [0, 0.05) is 19.0 Å². The summed E-state index contributed by atoms with van der Waals surface area (Å²) in [7, 11) is 1.86. The van der Waals surface area contributed by atoms with Gasteiger partial charge in [0.15, 0.2) is 0 Å². The van der Waals surface area contributed by atoms with Crippen LogP contribution in [0.3, 0.4) is 0 Å². The molecule has 3 rings (SSSR count). The predicted octanol–water partition coefficient (Wildman–Crippen LogP) is 1.72. The molecular formula is C13H15N3O. The molecule has 2 aromatic rings. The standard InChI is InChI=1S/C13H15N3O/c1-16-13(14)7-11(15-16)10-6-9-4-2-3-5-12(9)17-8-10/h2-5,7,10H,6,8,14H2,1H3. The van der Waals surface area contributed by atoms with Crippen LogP contribution in [-0.4, -0.2) is 16.4 Å². The summed E-state index contributed by atoms with van der Waals surface area (Å²) in [6.45, 7) is 0.674. The average Bonchev–Trinajstić information content (AvgIpc) is 2.69. The van der Waals surface area contributed by atoms with Crippen LogP contribution in [0, 0.1) is 0 Å². The van der Waals surface area contributed by atoms with E-state index in [1.807, 2.05) is 31.3 Å². The van der Waals surface area contributed by atoms with Gasteiger partial charge in [-0.25, -0.2) is 0 Å². The van der Waals surface area contributed by atoms with Gasteiger partial charge in [0.25, 0.3) is 0 Å². The maximum absolute atomic E-state index is 5.80. The first-order chi connectivity index (χ1) is 8.24. The van der Waals surface area contributed by atoms with E-state index in [1.54, 1.807) is 4.68 Å². The highest BCUT2D eigenvalue weighted by Crippen LogP contribution is 2.31. The number of nitrogen functional groups attached to an aromatic ring is 1. The van der Waals surface area contributed by atoms with Gasteiger partial charge >= 0.3 is 0 Å². The van der Waals surface area contributed by atoms with Crippen molar-refractivity contribution >= 4 is 5.82 Å². The van der Waals surface area contributed by atoms with Gasteiger partial charge in [0.1, 0.15) is 11.6 Å². The molecule has 0 saturated carbocycles. The van der Waals surface area contributed by atoms with Crippen LogP contribution in [0.5, 0.6) is 5.75 Å². The van der Waals surface area contributed by atoms with Gasteiger partial charge in [-0.3, -0.25) is 4.68 Å². The van der Waals surface area contributed by atoms with Gasteiger partial charge < -0.3 is 10.5 Å². The third kappa shape index (κ3) is 1.75. The van der Waals surface area contributed by atoms with Crippen molar-refractivity contribution in [3.05, 3.63) is 41.6 Å². The molecule has 0 aliphatic carbocycles. The third-order valence-corrected chi connectivity index (χ3v) is 3.23. The fraction of sp³-hybridized carbons (Fsp3) is 0.308. The smallest absolute Gasteiger partial charge is 0.122 e. The van der Waals surface area contributed by atoms with E-state index in [1.165, 1.54) is 5.56 Å². The van der Waals surface area contributed by atoms with Crippen LogP contribution < -0.4 is 10.5 Å². The van der Waals surface area contributed by atoms with E-state index in [4.69, 9.17) is 10.5 Å². The van der Waals surface area contributed by atoms with Gasteiger partial charge in [0.2, 0.25) is 0 Å². The van der Waals surface area contributed by atoms with E-state index >= 15 is 0 Å². The zero-order valence-corrected chi connectivity index (χ0v) is 9.76.